The zero-order valence-corrected chi connectivity index (χ0v) is 13.5. The summed E-state index contributed by atoms with van der Waals surface area (Å²) in [5, 5.41) is 3.08. The van der Waals surface area contributed by atoms with Gasteiger partial charge in [-0.05, 0) is 61.6 Å². The van der Waals surface area contributed by atoms with Crippen LogP contribution in [0.1, 0.15) is 30.4 Å². The first-order chi connectivity index (χ1) is 10.6. The Hall–Kier alpha value is -1.55. The highest BCUT2D eigenvalue weighted by atomic mass is 16.5. The zero-order valence-electron chi connectivity index (χ0n) is 13.5. The van der Waals surface area contributed by atoms with Gasteiger partial charge in [0.25, 0.3) is 0 Å². The molecule has 2 aliphatic rings. The molecule has 0 saturated heterocycles. The van der Waals surface area contributed by atoms with Crippen molar-refractivity contribution in [3.05, 3.63) is 29.3 Å². The Morgan fingerprint density at radius 3 is 2.82 bits per heavy atom. The summed E-state index contributed by atoms with van der Waals surface area (Å²) < 4.78 is 5.34. The van der Waals surface area contributed by atoms with Crippen LogP contribution >= 0.6 is 0 Å². The van der Waals surface area contributed by atoms with Crippen molar-refractivity contribution in [3.8, 4) is 5.75 Å². The van der Waals surface area contributed by atoms with Gasteiger partial charge >= 0.3 is 0 Å². The number of hydrogen-bond acceptors (Lipinski definition) is 3. The Labute approximate surface area is 132 Å². The molecule has 0 heterocycles. The Balaban J connectivity index is 1.52. The highest BCUT2D eigenvalue weighted by Gasteiger charge is 2.48. The second-order valence-electron chi connectivity index (χ2n) is 6.78. The standard InChI is InChI=1S/C18H26N2O2/c1-11-3-4-12(9-15(11)22-2)7-8-20-18(21)16-13-5-6-14(10-13)17(16)19/h3-4,9,13-14,16-17H,5-8,10,19H2,1-2H3,(H,20,21). The maximum Gasteiger partial charge on any atom is 0.224 e. The number of methoxy groups -OCH3 is 1. The van der Waals surface area contributed by atoms with Crippen LogP contribution in [0.5, 0.6) is 5.75 Å². The van der Waals surface area contributed by atoms with Crippen molar-refractivity contribution in [2.75, 3.05) is 13.7 Å². The Kier molecular flexibility index (Phi) is 4.39. The maximum atomic E-state index is 12.4. The van der Waals surface area contributed by atoms with E-state index in [1.54, 1.807) is 7.11 Å². The van der Waals surface area contributed by atoms with Gasteiger partial charge in [-0.2, -0.15) is 0 Å². The van der Waals surface area contributed by atoms with Crippen LogP contribution in [0.15, 0.2) is 18.2 Å². The lowest BCUT2D eigenvalue weighted by molar-refractivity contribution is -0.127. The van der Waals surface area contributed by atoms with Gasteiger partial charge in [-0.3, -0.25) is 4.79 Å². The first-order valence-electron chi connectivity index (χ1n) is 8.27. The van der Waals surface area contributed by atoms with Crippen LogP contribution in [0, 0.1) is 24.7 Å². The normalized spacial score (nSPS) is 29.6. The van der Waals surface area contributed by atoms with Crippen molar-refractivity contribution < 1.29 is 9.53 Å². The molecule has 120 valence electrons. The van der Waals surface area contributed by atoms with Gasteiger partial charge in [0.2, 0.25) is 5.91 Å². The SMILES string of the molecule is COc1cc(CCNC(=O)C2C3CCC(C3)C2N)ccc1C. The molecular formula is C18H26N2O2. The van der Waals surface area contributed by atoms with Gasteiger partial charge in [0.05, 0.1) is 13.0 Å². The van der Waals surface area contributed by atoms with Crippen molar-refractivity contribution >= 4 is 5.91 Å². The average Bonchev–Trinajstić information content (AvgIpc) is 3.09. The van der Waals surface area contributed by atoms with Crippen molar-refractivity contribution in [1.82, 2.24) is 5.32 Å². The molecular weight excluding hydrogens is 276 g/mol. The molecule has 4 unspecified atom stereocenters. The topological polar surface area (TPSA) is 64.3 Å². The molecule has 22 heavy (non-hydrogen) atoms. The first-order valence-corrected chi connectivity index (χ1v) is 8.27. The summed E-state index contributed by atoms with van der Waals surface area (Å²) in [6, 6.07) is 6.26. The van der Waals surface area contributed by atoms with Crippen LogP contribution < -0.4 is 15.8 Å². The van der Waals surface area contributed by atoms with Crippen molar-refractivity contribution in [2.45, 2.75) is 38.6 Å². The first kappa shape index (κ1) is 15.3. The third-order valence-corrected chi connectivity index (χ3v) is 5.47. The van der Waals surface area contributed by atoms with Crippen LogP contribution in [0.25, 0.3) is 0 Å². The number of fused-ring (bicyclic) bond motifs is 2. The van der Waals surface area contributed by atoms with Crippen molar-refractivity contribution in [3.63, 3.8) is 0 Å². The minimum absolute atomic E-state index is 0.0336. The highest BCUT2D eigenvalue weighted by molar-refractivity contribution is 5.80. The number of amides is 1. The second kappa shape index (κ2) is 6.29. The quantitative estimate of drug-likeness (QED) is 0.875. The van der Waals surface area contributed by atoms with E-state index in [2.05, 4.69) is 17.4 Å². The molecule has 0 aromatic heterocycles. The molecule has 0 spiro atoms. The molecule has 2 fully saturated rings. The largest absolute Gasteiger partial charge is 0.496 e. The summed E-state index contributed by atoms with van der Waals surface area (Å²) in [7, 11) is 1.68. The van der Waals surface area contributed by atoms with Crippen molar-refractivity contribution in [1.29, 1.82) is 0 Å². The lowest BCUT2D eigenvalue weighted by Gasteiger charge is -2.27. The third kappa shape index (κ3) is 2.84. The molecule has 2 saturated carbocycles. The molecule has 1 aromatic carbocycles. The summed E-state index contributed by atoms with van der Waals surface area (Å²) >= 11 is 0. The van der Waals surface area contributed by atoms with E-state index >= 15 is 0 Å². The van der Waals surface area contributed by atoms with Gasteiger partial charge in [0, 0.05) is 12.6 Å². The molecule has 0 radical (unpaired) electrons. The number of ether oxygens (including phenoxy) is 1. The summed E-state index contributed by atoms with van der Waals surface area (Å²) in [6.07, 6.45) is 4.34. The monoisotopic (exact) mass is 302 g/mol. The van der Waals surface area contributed by atoms with Gasteiger partial charge < -0.3 is 15.8 Å². The molecule has 2 aliphatic carbocycles. The molecule has 1 amide bonds. The van der Waals surface area contributed by atoms with Crippen LogP contribution in [0.4, 0.5) is 0 Å². The molecule has 3 N–H and O–H groups in total. The lowest BCUT2D eigenvalue weighted by atomic mass is 9.84. The summed E-state index contributed by atoms with van der Waals surface area (Å²) in [4.78, 5) is 12.4. The van der Waals surface area contributed by atoms with Gasteiger partial charge in [-0.25, -0.2) is 0 Å². The van der Waals surface area contributed by atoms with E-state index in [0.29, 0.717) is 18.4 Å². The van der Waals surface area contributed by atoms with E-state index in [9.17, 15) is 4.79 Å². The van der Waals surface area contributed by atoms with Crippen LogP contribution in [-0.4, -0.2) is 25.6 Å². The number of nitrogens with two attached hydrogens (primary N) is 1. The van der Waals surface area contributed by atoms with Gasteiger partial charge in [0.1, 0.15) is 5.75 Å². The fourth-order valence-corrected chi connectivity index (χ4v) is 4.19. The molecule has 4 nitrogen and oxygen atoms in total. The number of aryl methyl sites for hydroxylation is 1. The molecule has 0 aliphatic heterocycles. The number of nitrogens with one attached hydrogen (secondary N) is 1. The number of hydrogen-bond donors (Lipinski definition) is 2. The Morgan fingerprint density at radius 1 is 1.36 bits per heavy atom. The smallest absolute Gasteiger partial charge is 0.224 e. The third-order valence-electron chi connectivity index (χ3n) is 5.47. The number of carbonyl (C=O) groups is 1. The van der Waals surface area contributed by atoms with Crippen LogP contribution in [0.3, 0.4) is 0 Å². The predicted octanol–water partition coefficient (Wildman–Crippen LogP) is 2.04. The van der Waals surface area contributed by atoms with E-state index in [1.807, 2.05) is 13.0 Å². The average molecular weight is 302 g/mol. The molecule has 4 atom stereocenters. The predicted molar refractivity (Wildman–Crippen MR) is 86.7 cm³/mol. The van der Waals surface area contributed by atoms with Gasteiger partial charge in [-0.15, -0.1) is 0 Å². The summed E-state index contributed by atoms with van der Waals surface area (Å²) in [6.45, 7) is 2.69. The Bertz CT molecular complexity index is 556. The molecule has 2 bridgehead atoms. The van der Waals surface area contributed by atoms with Crippen molar-refractivity contribution in [2.24, 2.45) is 23.5 Å². The fraction of sp³-hybridized carbons (Fsp3) is 0.611. The minimum Gasteiger partial charge on any atom is -0.496 e. The maximum absolute atomic E-state index is 12.4. The minimum atomic E-state index is 0.0336. The zero-order chi connectivity index (χ0) is 15.7. The lowest BCUT2D eigenvalue weighted by Crippen LogP contribution is -2.45. The Morgan fingerprint density at radius 2 is 2.14 bits per heavy atom. The number of benzene rings is 1. The van der Waals surface area contributed by atoms with Gasteiger partial charge in [0.15, 0.2) is 0 Å². The highest BCUT2D eigenvalue weighted by Crippen LogP contribution is 2.47. The van der Waals surface area contributed by atoms with E-state index in [0.717, 1.165) is 24.2 Å². The number of carbonyl (C=O) groups excluding carboxylic acids is 1. The second-order valence-corrected chi connectivity index (χ2v) is 6.78. The molecule has 3 rings (SSSR count). The van der Waals surface area contributed by atoms with E-state index in [1.165, 1.54) is 18.4 Å². The van der Waals surface area contributed by atoms with Crippen LogP contribution in [0.2, 0.25) is 0 Å². The van der Waals surface area contributed by atoms with Crippen LogP contribution in [-0.2, 0) is 11.2 Å². The summed E-state index contributed by atoms with van der Waals surface area (Å²) in [5.74, 6) is 2.17. The summed E-state index contributed by atoms with van der Waals surface area (Å²) in [5.41, 5.74) is 8.53. The van der Waals surface area contributed by atoms with Gasteiger partial charge in [-0.1, -0.05) is 12.1 Å². The van der Waals surface area contributed by atoms with E-state index < -0.39 is 0 Å². The molecule has 4 heteroatoms. The van der Waals surface area contributed by atoms with E-state index in [4.69, 9.17) is 10.5 Å². The fourth-order valence-electron chi connectivity index (χ4n) is 4.19. The number of rotatable bonds is 5. The molecule has 1 aromatic rings. The van der Waals surface area contributed by atoms with E-state index in [-0.39, 0.29) is 17.9 Å².